The maximum Gasteiger partial charge on any atom is 0.255 e. The Morgan fingerprint density at radius 3 is 2.64 bits per heavy atom. The van der Waals surface area contributed by atoms with Gasteiger partial charge in [-0.1, -0.05) is 0 Å². The number of piperazine rings is 1. The second-order valence-electron chi connectivity index (χ2n) is 6.15. The molecule has 0 unspecified atom stereocenters. The Labute approximate surface area is 156 Å². The molecule has 1 aliphatic rings. The van der Waals surface area contributed by atoms with E-state index < -0.39 is 0 Å². The lowest BCUT2D eigenvalue weighted by Gasteiger charge is -2.35. The summed E-state index contributed by atoms with van der Waals surface area (Å²) in [4.78, 5) is 21.4. The van der Waals surface area contributed by atoms with Crippen LogP contribution >= 0.6 is 15.9 Å². The molecule has 1 amide bonds. The Hall–Kier alpha value is -1.86. The number of amides is 1. The number of aryl methyl sites for hydroxylation is 1. The molecule has 1 saturated heterocycles. The highest BCUT2D eigenvalue weighted by atomic mass is 79.9. The van der Waals surface area contributed by atoms with Gasteiger partial charge in [0.1, 0.15) is 11.6 Å². The fourth-order valence-electron chi connectivity index (χ4n) is 3.03. The second kappa shape index (κ2) is 8.01. The number of hydrogen-bond donors (Lipinski definition) is 0. The van der Waals surface area contributed by atoms with Crippen LogP contribution in [0.2, 0.25) is 0 Å². The number of halogens is 1. The third-order valence-electron chi connectivity index (χ3n) is 4.64. The quantitative estimate of drug-likeness (QED) is 0.764. The van der Waals surface area contributed by atoms with E-state index in [1.807, 2.05) is 36.4 Å². The number of carbonyl (C=O) groups excluding carboxylic acids is 1. The van der Waals surface area contributed by atoms with Crippen molar-refractivity contribution in [2.24, 2.45) is 0 Å². The summed E-state index contributed by atoms with van der Waals surface area (Å²) in [5, 5.41) is 0. The van der Waals surface area contributed by atoms with Gasteiger partial charge < -0.3 is 14.2 Å². The van der Waals surface area contributed by atoms with Gasteiger partial charge >= 0.3 is 0 Å². The van der Waals surface area contributed by atoms with E-state index in [9.17, 15) is 4.79 Å². The molecule has 0 radical (unpaired) electrons. The summed E-state index contributed by atoms with van der Waals surface area (Å²) in [6, 6.07) is 5.49. The van der Waals surface area contributed by atoms with Gasteiger partial charge in [-0.2, -0.15) is 0 Å². The molecule has 7 heteroatoms. The minimum atomic E-state index is 0.0517. The smallest absolute Gasteiger partial charge is 0.255 e. The summed E-state index contributed by atoms with van der Waals surface area (Å²) in [5.41, 5.74) is 0.654. The summed E-state index contributed by atoms with van der Waals surface area (Å²) in [5.74, 6) is 1.79. The maximum atomic E-state index is 12.8. The van der Waals surface area contributed by atoms with Crippen molar-refractivity contribution in [2.75, 3.05) is 39.8 Å². The van der Waals surface area contributed by atoms with Crippen LogP contribution in [0.5, 0.6) is 5.75 Å². The third-order valence-corrected chi connectivity index (χ3v) is 5.34. The van der Waals surface area contributed by atoms with Gasteiger partial charge in [0.15, 0.2) is 0 Å². The highest BCUT2D eigenvalue weighted by Gasteiger charge is 2.23. The third kappa shape index (κ3) is 4.22. The number of aromatic nitrogens is 2. The average Bonchev–Trinajstić information content (AvgIpc) is 3.05. The first kappa shape index (κ1) is 17.9. The molecule has 0 atom stereocenters. The number of rotatable bonds is 5. The lowest BCUT2D eigenvalue weighted by atomic mass is 10.1. The molecule has 2 aromatic rings. The first-order chi connectivity index (χ1) is 12.1. The summed E-state index contributed by atoms with van der Waals surface area (Å²) >= 11 is 3.47. The van der Waals surface area contributed by atoms with E-state index >= 15 is 0 Å². The molecule has 0 saturated carbocycles. The summed E-state index contributed by atoms with van der Waals surface area (Å²) < 4.78 is 8.19. The van der Waals surface area contributed by atoms with Gasteiger partial charge in [-0.25, -0.2) is 4.98 Å². The number of ether oxygens (including phenoxy) is 1. The normalized spacial score (nSPS) is 15.4. The predicted molar refractivity (Wildman–Crippen MR) is 100 cm³/mol. The van der Waals surface area contributed by atoms with E-state index in [1.165, 1.54) is 0 Å². The van der Waals surface area contributed by atoms with Gasteiger partial charge in [-0.05, 0) is 41.1 Å². The molecule has 0 spiro atoms. The number of carbonyl (C=O) groups is 1. The zero-order chi connectivity index (χ0) is 17.8. The molecule has 1 aromatic carbocycles. The van der Waals surface area contributed by atoms with Crippen molar-refractivity contribution < 1.29 is 9.53 Å². The standard InChI is InChI=1S/C18H23BrN4O2/c1-14-20-5-6-22(14)10-7-21-8-11-23(12-9-21)18(24)16-13-15(25-2)3-4-17(16)19/h3-6,13H,7-12H2,1-2H3. The van der Waals surface area contributed by atoms with Crippen LogP contribution in [0.15, 0.2) is 35.1 Å². The fraction of sp³-hybridized carbons (Fsp3) is 0.444. The number of hydrogen-bond acceptors (Lipinski definition) is 4. The van der Waals surface area contributed by atoms with Crippen LogP contribution < -0.4 is 4.74 Å². The molecule has 1 aromatic heterocycles. The van der Waals surface area contributed by atoms with Crippen molar-refractivity contribution in [3.8, 4) is 5.75 Å². The molecule has 3 rings (SSSR count). The van der Waals surface area contributed by atoms with Gasteiger partial charge in [-0.3, -0.25) is 9.69 Å². The van der Waals surface area contributed by atoms with E-state index in [0.717, 1.165) is 49.6 Å². The Bertz CT molecular complexity index is 738. The van der Waals surface area contributed by atoms with Crippen LogP contribution in [0.3, 0.4) is 0 Å². The zero-order valence-electron chi connectivity index (χ0n) is 14.6. The average molecular weight is 407 g/mol. The second-order valence-corrected chi connectivity index (χ2v) is 7.00. The zero-order valence-corrected chi connectivity index (χ0v) is 16.2. The van der Waals surface area contributed by atoms with Crippen molar-refractivity contribution in [3.63, 3.8) is 0 Å². The van der Waals surface area contributed by atoms with Crippen molar-refractivity contribution in [3.05, 3.63) is 46.5 Å². The van der Waals surface area contributed by atoms with E-state index in [4.69, 9.17) is 4.74 Å². The van der Waals surface area contributed by atoms with Crippen molar-refractivity contribution in [2.45, 2.75) is 13.5 Å². The topological polar surface area (TPSA) is 50.6 Å². The van der Waals surface area contributed by atoms with Crippen LogP contribution in [0.4, 0.5) is 0 Å². The molecular weight excluding hydrogens is 384 g/mol. The van der Waals surface area contributed by atoms with Crippen molar-refractivity contribution >= 4 is 21.8 Å². The van der Waals surface area contributed by atoms with Crippen LogP contribution in [0, 0.1) is 6.92 Å². The number of nitrogens with zero attached hydrogens (tertiary/aromatic N) is 4. The van der Waals surface area contributed by atoms with Gasteiger partial charge in [0, 0.05) is 56.1 Å². The van der Waals surface area contributed by atoms with E-state index in [0.29, 0.717) is 11.3 Å². The largest absolute Gasteiger partial charge is 0.497 e. The Morgan fingerprint density at radius 1 is 1.24 bits per heavy atom. The highest BCUT2D eigenvalue weighted by Crippen LogP contribution is 2.24. The first-order valence-corrected chi connectivity index (χ1v) is 9.20. The number of methoxy groups -OCH3 is 1. The lowest BCUT2D eigenvalue weighted by molar-refractivity contribution is 0.0632. The van der Waals surface area contributed by atoms with Crippen LogP contribution in [0.25, 0.3) is 0 Å². The predicted octanol–water partition coefficient (Wildman–Crippen LogP) is 2.42. The monoisotopic (exact) mass is 406 g/mol. The highest BCUT2D eigenvalue weighted by molar-refractivity contribution is 9.10. The van der Waals surface area contributed by atoms with Gasteiger partial charge in [0.25, 0.3) is 5.91 Å². The molecule has 6 nitrogen and oxygen atoms in total. The van der Waals surface area contributed by atoms with E-state index in [1.54, 1.807) is 13.2 Å². The van der Waals surface area contributed by atoms with Crippen molar-refractivity contribution in [1.29, 1.82) is 0 Å². The number of benzene rings is 1. The summed E-state index contributed by atoms with van der Waals surface area (Å²) in [6.45, 7) is 7.19. The van der Waals surface area contributed by atoms with Crippen LogP contribution in [0.1, 0.15) is 16.2 Å². The molecule has 1 fully saturated rings. The summed E-state index contributed by atoms with van der Waals surface area (Å²) in [7, 11) is 1.61. The molecule has 134 valence electrons. The molecule has 0 aliphatic carbocycles. The molecule has 2 heterocycles. The minimum Gasteiger partial charge on any atom is -0.497 e. The van der Waals surface area contributed by atoms with Gasteiger partial charge in [0.2, 0.25) is 0 Å². The Kier molecular flexibility index (Phi) is 5.75. The molecule has 0 bridgehead atoms. The fourth-order valence-corrected chi connectivity index (χ4v) is 3.45. The van der Waals surface area contributed by atoms with E-state index in [-0.39, 0.29) is 5.91 Å². The molecular formula is C18H23BrN4O2. The van der Waals surface area contributed by atoms with Gasteiger partial charge in [-0.15, -0.1) is 0 Å². The lowest BCUT2D eigenvalue weighted by Crippen LogP contribution is -2.49. The maximum absolute atomic E-state index is 12.8. The molecule has 1 aliphatic heterocycles. The Morgan fingerprint density at radius 2 is 2.00 bits per heavy atom. The molecule has 25 heavy (non-hydrogen) atoms. The van der Waals surface area contributed by atoms with E-state index in [2.05, 4.69) is 30.4 Å². The number of imidazole rings is 1. The van der Waals surface area contributed by atoms with Gasteiger partial charge in [0.05, 0.1) is 12.7 Å². The Balaban J connectivity index is 1.55. The SMILES string of the molecule is COc1ccc(Br)c(C(=O)N2CCN(CCn3ccnc3C)CC2)c1. The van der Waals surface area contributed by atoms with Crippen molar-refractivity contribution in [1.82, 2.24) is 19.4 Å². The van der Waals surface area contributed by atoms with Crippen LogP contribution in [-0.4, -0.2) is 65.1 Å². The van der Waals surface area contributed by atoms with Crippen LogP contribution in [-0.2, 0) is 6.54 Å². The minimum absolute atomic E-state index is 0.0517. The summed E-state index contributed by atoms with van der Waals surface area (Å²) in [6.07, 6.45) is 3.84. The first-order valence-electron chi connectivity index (χ1n) is 8.41. The molecule has 0 N–H and O–H groups in total.